The number of methoxy groups -OCH3 is 1. The molecule has 0 saturated carbocycles. The number of ether oxygens (including phenoxy) is 1. The van der Waals surface area contributed by atoms with Gasteiger partial charge in [0.25, 0.3) is 5.91 Å². The summed E-state index contributed by atoms with van der Waals surface area (Å²) < 4.78 is 5.13. The number of hydrogen-bond donors (Lipinski definition) is 2. The van der Waals surface area contributed by atoms with Crippen LogP contribution in [-0.4, -0.2) is 35.6 Å². The van der Waals surface area contributed by atoms with Gasteiger partial charge >= 0.3 is 0 Å². The van der Waals surface area contributed by atoms with Crippen molar-refractivity contribution in [2.75, 3.05) is 19.0 Å². The molecule has 0 fully saturated rings. The molecule has 6 nitrogen and oxygen atoms in total. The van der Waals surface area contributed by atoms with Gasteiger partial charge in [0.05, 0.1) is 7.11 Å². The molecule has 0 aliphatic heterocycles. The second-order valence-electron chi connectivity index (χ2n) is 5.87. The van der Waals surface area contributed by atoms with E-state index in [1.54, 1.807) is 13.2 Å². The van der Waals surface area contributed by atoms with Crippen molar-refractivity contribution in [3.63, 3.8) is 0 Å². The predicted molar refractivity (Wildman–Crippen MR) is 94.6 cm³/mol. The first kappa shape index (κ1) is 17.7. The first-order valence-electron chi connectivity index (χ1n) is 8.01. The highest BCUT2D eigenvalue weighted by atomic mass is 16.5. The number of nitrogens with one attached hydrogen (secondary N) is 2. The fourth-order valence-electron chi connectivity index (χ4n) is 2.21. The molecule has 0 unspecified atom stereocenters. The average Bonchev–Trinajstić information content (AvgIpc) is 2.54. The van der Waals surface area contributed by atoms with Crippen molar-refractivity contribution in [3.8, 4) is 5.75 Å². The topological polar surface area (TPSA) is 76.1 Å². The van der Waals surface area contributed by atoms with Crippen LogP contribution in [-0.2, 0) is 6.42 Å². The molecule has 0 aliphatic carbocycles. The lowest BCUT2D eigenvalue weighted by atomic mass is 10.1. The lowest BCUT2D eigenvalue weighted by Crippen LogP contribution is -2.27. The molecule has 6 heteroatoms. The molecule has 24 heavy (non-hydrogen) atoms. The highest BCUT2D eigenvalue weighted by Gasteiger charge is 2.10. The van der Waals surface area contributed by atoms with Crippen LogP contribution < -0.4 is 15.4 Å². The maximum absolute atomic E-state index is 12.3. The molecule has 2 aromatic rings. The molecule has 1 aromatic carbocycles. The monoisotopic (exact) mass is 328 g/mol. The Balaban J connectivity index is 1.93. The van der Waals surface area contributed by atoms with Crippen molar-refractivity contribution in [2.45, 2.75) is 33.2 Å². The summed E-state index contributed by atoms with van der Waals surface area (Å²) in [6, 6.07) is 9.70. The molecule has 0 bridgehead atoms. The van der Waals surface area contributed by atoms with E-state index < -0.39 is 0 Å². The number of carbonyl (C=O) groups is 1. The summed E-state index contributed by atoms with van der Waals surface area (Å²) in [6.45, 7) is 6.39. The van der Waals surface area contributed by atoms with Crippen LogP contribution in [0.5, 0.6) is 5.75 Å². The minimum Gasteiger partial charge on any atom is -0.497 e. The Morgan fingerprint density at radius 3 is 2.54 bits per heavy atom. The van der Waals surface area contributed by atoms with Crippen LogP contribution in [0.2, 0.25) is 0 Å². The first-order valence-corrected chi connectivity index (χ1v) is 8.01. The molecular weight excluding hydrogens is 304 g/mol. The molecule has 0 spiro atoms. The second-order valence-corrected chi connectivity index (χ2v) is 5.87. The fraction of sp³-hybridized carbons (Fsp3) is 0.389. The summed E-state index contributed by atoms with van der Waals surface area (Å²) in [4.78, 5) is 20.8. The van der Waals surface area contributed by atoms with Gasteiger partial charge in [0, 0.05) is 18.3 Å². The van der Waals surface area contributed by atoms with E-state index in [0.29, 0.717) is 18.2 Å². The number of aromatic nitrogens is 2. The van der Waals surface area contributed by atoms with E-state index in [2.05, 4.69) is 20.6 Å². The third-order valence-electron chi connectivity index (χ3n) is 3.36. The van der Waals surface area contributed by atoms with Crippen LogP contribution >= 0.6 is 0 Å². The van der Waals surface area contributed by atoms with Crippen LogP contribution in [0.3, 0.4) is 0 Å². The maximum Gasteiger partial charge on any atom is 0.270 e. The van der Waals surface area contributed by atoms with Gasteiger partial charge in [0.15, 0.2) is 0 Å². The van der Waals surface area contributed by atoms with Gasteiger partial charge in [-0.1, -0.05) is 12.1 Å². The Hall–Kier alpha value is -2.63. The number of amides is 1. The molecule has 0 atom stereocenters. The van der Waals surface area contributed by atoms with Crippen LogP contribution in [0, 0.1) is 6.92 Å². The van der Waals surface area contributed by atoms with E-state index in [-0.39, 0.29) is 11.9 Å². The lowest BCUT2D eigenvalue weighted by Gasteiger charge is -2.11. The summed E-state index contributed by atoms with van der Waals surface area (Å²) >= 11 is 0. The van der Waals surface area contributed by atoms with Crippen LogP contribution in [0.25, 0.3) is 0 Å². The van der Waals surface area contributed by atoms with Crippen LogP contribution in [0.4, 0.5) is 5.95 Å². The number of carbonyl (C=O) groups excluding carboxylic acids is 1. The zero-order chi connectivity index (χ0) is 17.5. The Bertz CT molecular complexity index is 684. The highest BCUT2D eigenvalue weighted by molar-refractivity contribution is 5.92. The SMILES string of the molecule is COc1ccc(CCNC(=O)c2cc(C)nc(NC(C)C)n2)cc1. The summed E-state index contributed by atoms with van der Waals surface area (Å²) in [5.74, 6) is 1.11. The summed E-state index contributed by atoms with van der Waals surface area (Å²) in [5.41, 5.74) is 2.27. The lowest BCUT2D eigenvalue weighted by molar-refractivity contribution is 0.0949. The van der Waals surface area contributed by atoms with Gasteiger partial charge in [-0.05, 0) is 51.0 Å². The Morgan fingerprint density at radius 2 is 1.92 bits per heavy atom. The van der Waals surface area contributed by atoms with Gasteiger partial charge < -0.3 is 15.4 Å². The number of benzene rings is 1. The van der Waals surface area contributed by atoms with Crippen molar-refractivity contribution < 1.29 is 9.53 Å². The minimum absolute atomic E-state index is 0.194. The van der Waals surface area contributed by atoms with Gasteiger partial charge in [-0.3, -0.25) is 4.79 Å². The molecular formula is C18H24N4O2. The Kier molecular flexibility index (Phi) is 6.12. The summed E-state index contributed by atoms with van der Waals surface area (Å²) in [7, 11) is 1.64. The number of hydrogen-bond acceptors (Lipinski definition) is 5. The zero-order valence-corrected chi connectivity index (χ0v) is 14.6. The van der Waals surface area contributed by atoms with E-state index in [1.165, 1.54) is 0 Å². The first-order chi connectivity index (χ1) is 11.5. The number of aryl methyl sites for hydroxylation is 1. The van der Waals surface area contributed by atoms with Gasteiger partial charge in [-0.25, -0.2) is 9.97 Å². The van der Waals surface area contributed by atoms with Crippen molar-refractivity contribution in [3.05, 3.63) is 47.3 Å². The Morgan fingerprint density at radius 1 is 1.21 bits per heavy atom. The number of nitrogens with zero attached hydrogens (tertiary/aromatic N) is 2. The molecule has 0 radical (unpaired) electrons. The van der Waals surface area contributed by atoms with E-state index in [9.17, 15) is 4.79 Å². The quantitative estimate of drug-likeness (QED) is 0.817. The smallest absolute Gasteiger partial charge is 0.270 e. The number of rotatable bonds is 7. The third kappa shape index (κ3) is 5.22. The maximum atomic E-state index is 12.3. The van der Waals surface area contributed by atoms with E-state index in [4.69, 9.17) is 4.74 Å². The third-order valence-corrected chi connectivity index (χ3v) is 3.36. The van der Waals surface area contributed by atoms with Crippen molar-refractivity contribution in [1.82, 2.24) is 15.3 Å². The molecule has 1 aromatic heterocycles. The van der Waals surface area contributed by atoms with Gasteiger partial charge in [0.1, 0.15) is 11.4 Å². The second kappa shape index (κ2) is 8.29. The molecule has 1 amide bonds. The predicted octanol–water partition coefficient (Wildman–Crippen LogP) is 2.59. The molecule has 2 N–H and O–H groups in total. The minimum atomic E-state index is -0.194. The van der Waals surface area contributed by atoms with Crippen LogP contribution in [0.15, 0.2) is 30.3 Å². The normalized spacial score (nSPS) is 10.5. The highest BCUT2D eigenvalue weighted by Crippen LogP contribution is 2.11. The van der Waals surface area contributed by atoms with E-state index in [1.807, 2.05) is 45.0 Å². The zero-order valence-electron chi connectivity index (χ0n) is 14.6. The Labute approximate surface area is 142 Å². The molecule has 1 heterocycles. The van der Waals surface area contributed by atoms with Gasteiger partial charge in [-0.2, -0.15) is 0 Å². The molecule has 0 aliphatic rings. The fourth-order valence-corrected chi connectivity index (χ4v) is 2.21. The van der Waals surface area contributed by atoms with E-state index >= 15 is 0 Å². The van der Waals surface area contributed by atoms with Crippen molar-refractivity contribution in [2.24, 2.45) is 0 Å². The largest absolute Gasteiger partial charge is 0.497 e. The van der Waals surface area contributed by atoms with Crippen molar-refractivity contribution in [1.29, 1.82) is 0 Å². The van der Waals surface area contributed by atoms with E-state index in [0.717, 1.165) is 23.4 Å². The average molecular weight is 328 g/mol. The van der Waals surface area contributed by atoms with Gasteiger partial charge in [0.2, 0.25) is 5.95 Å². The van der Waals surface area contributed by atoms with Gasteiger partial charge in [-0.15, -0.1) is 0 Å². The molecule has 128 valence electrons. The number of anilines is 1. The van der Waals surface area contributed by atoms with Crippen molar-refractivity contribution >= 4 is 11.9 Å². The standard InChI is InChI=1S/C18H24N4O2/c1-12(2)20-18-21-13(3)11-16(22-18)17(23)19-10-9-14-5-7-15(24-4)8-6-14/h5-8,11-12H,9-10H2,1-4H3,(H,19,23)(H,20,21,22). The molecule has 2 rings (SSSR count). The molecule has 0 saturated heterocycles. The van der Waals surface area contributed by atoms with Crippen LogP contribution in [0.1, 0.15) is 35.6 Å². The summed E-state index contributed by atoms with van der Waals surface area (Å²) in [5, 5.41) is 6.02. The summed E-state index contributed by atoms with van der Waals surface area (Å²) in [6.07, 6.45) is 0.747.